The molecule has 0 saturated heterocycles. The summed E-state index contributed by atoms with van der Waals surface area (Å²) in [5.41, 5.74) is 0.847. The molecule has 1 atom stereocenters. The molecule has 0 saturated carbocycles. The van der Waals surface area contributed by atoms with Crippen molar-refractivity contribution >= 4 is 29.0 Å². The summed E-state index contributed by atoms with van der Waals surface area (Å²) < 4.78 is 27.3. The molecule has 1 heterocycles. The molecule has 1 N–H and O–H groups in total. The SMILES string of the molecule is CCC(C)N(CC(=O)N(Cc1ccccc1)Cc1ccc(C)s1)C(=O)Nc1ccc(F)cc1F. The Morgan fingerprint density at radius 1 is 1.03 bits per heavy atom. The van der Waals surface area contributed by atoms with Crippen LogP contribution in [0.1, 0.15) is 35.6 Å². The molecular formula is C26H29F2N3O2S. The van der Waals surface area contributed by atoms with Gasteiger partial charge in [0.25, 0.3) is 0 Å². The second kappa shape index (κ2) is 11.7. The lowest BCUT2D eigenvalue weighted by molar-refractivity contribution is -0.133. The monoisotopic (exact) mass is 485 g/mol. The third-order valence-electron chi connectivity index (χ3n) is 5.57. The number of thiophene rings is 1. The Kier molecular flexibility index (Phi) is 8.76. The summed E-state index contributed by atoms with van der Waals surface area (Å²) in [5, 5.41) is 2.48. The lowest BCUT2D eigenvalue weighted by atomic mass is 10.2. The van der Waals surface area contributed by atoms with Crippen molar-refractivity contribution in [2.24, 2.45) is 0 Å². The average Bonchev–Trinajstić information content (AvgIpc) is 3.23. The number of hydrogen-bond donors (Lipinski definition) is 1. The molecule has 2 aromatic carbocycles. The van der Waals surface area contributed by atoms with Crippen molar-refractivity contribution in [3.63, 3.8) is 0 Å². The third-order valence-corrected chi connectivity index (χ3v) is 6.56. The molecule has 0 aliphatic carbocycles. The van der Waals surface area contributed by atoms with Crippen LogP contribution in [0.15, 0.2) is 60.7 Å². The average molecular weight is 486 g/mol. The minimum atomic E-state index is -0.873. The molecule has 180 valence electrons. The number of nitrogens with zero attached hydrogens (tertiary/aromatic N) is 2. The normalized spacial score (nSPS) is 11.7. The Morgan fingerprint density at radius 2 is 1.76 bits per heavy atom. The molecule has 3 rings (SSSR count). The van der Waals surface area contributed by atoms with Gasteiger partial charge in [-0.1, -0.05) is 37.3 Å². The Bertz CT molecular complexity index is 1120. The summed E-state index contributed by atoms with van der Waals surface area (Å²) in [5.74, 6) is -1.82. The quantitative estimate of drug-likeness (QED) is 0.393. The number of halogens is 2. The number of anilines is 1. The molecule has 0 bridgehead atoms. The van der Waals surface area contributed by atoms with E-state index >= 15 is 0 Å². The van der Waals surface area contributed by atoms with Gasteiger partial charge in [-0.05, 0) is 50.1 Å². The highest BCUT2D eigenvalue weighted by Gasteiger charge is 2.26. The van der Waals surface area contributed by atoms with Gasteiger partial charge in [0.15, 0.2) is 0 Å². The van der Waals surface area contributed by atoms with Crippen LogP contribution in [0.4, 0.5) is 19.3 Å². The summed E-state index contributed by atoms with van der Waals surface area (Å²) in [4.78, 5) is 31.8. The number of benzene rings is 2. The van der Waals surface area contributed by atoms with Crippen molar-refractivity contribution in [3.8, 4) is 0 Å². The van der Waals surface area contributed by atoms with Crippen LogP contribution < -0.4 is 5.32 Å². The van der Waals surface area contributed by atoms with Crippen molar-refractivity contribution in [3.05, 3.63) is 87.6 Å². The van der Waals surface area contributed by atoms with E-state index in [2.05, 4.69) is 5.32 Å². The lowest BCUT2D eigenvalue weighted by Crippen LogP contribution is -2.48. The molecule has 1 aromatic heterocycles. The maximum atomic E-state index is 14.1. The number of amides is 3. The van der Waals surface area contributed by atoms with Gasteiger partial charge in [0, 0.05) is 28.4 Å². The van der Waals surface area contributed by atoms with Gasteiger partial charge in [-0.15, -0.1) is 11.3 Å². The minimum Gasteiger partial charge on any atom is -0.332 e. The number of carbonyl (C=O) groups excluding carboxylic acids is 2. The Labute approximate surface area is 203 Å². The number of carbonyl (C=O) groups is 2. The molecule has 3 aromatic rings. The van der Waals surface area contributed by atoms with E-state index in [1.807, 2.05) is 63.2 Å². The summed E-state index contributed by atoms with van der Waals surface area (Å²) in [6.07, 6.45) is 0.607. The lowest BCUT2D eigenvalue weighted by Gasteiger charge is -2.31. The minimum absolute atomic E-state index is 0.137. The number of rotatable bonds is 9. The van der Waals surface area contributed by atoms with Crippen molar-refractivity contribution in [1.29, 1.82) is 0 Å². The third kappa shape index (κ3) is 6.87. The number of aryl methyl sites for hydroxylation is 1. The molecule has 0 fully saturated rings. The first kappa shape index (κ1) is 25.4. The number of hydrogen-bond acceptors (Lipinski definition) is 3. The molecule has 3 amide bonds. The van der Waals surface area contributed by atoms with Crippen LogP contribution in [0.25, 0.3) is 0 Å². The smallest absolute Gasteiger partial charge is 0.322 e. The van der Waals surface area contributed by atoms with E-state index in [4.69, 9.17) is 0 Å². The van der Waals surface area contributed by atoms with E-state index in [-0.39, 0.29) is 24.2 Å². The van der Waals surface area contributed by atoms with Crippen LogP contribution in [0, 0.1) is 18.6 Å². The van der Waals surface area contributed by atoms with E-state index in [1.165, 1.54) is 11.0 Å². The van der Waals surface area contributed by atoms with Gasteiger partial charge in [-0.25, -0.2) is 13.6 Å². The van der Waals surface area contributed by atoms with Crippen molar-refractivity contribution in [2.45, 2.75) is 46.3 Å². The Balaban J connectivity index is 1.79. The van der Waals surface area contributed by atoms with E-state index in [1.54, 1.807) is 16.2 Å². The van der Waals surface area contributed by atoms with Gasteiger partial charge in [0.2, 0.25) is 5.91 Å². The second-order valence-corrected chi connectivity index (χ2v) is 9.56. The molecule has 0 aliphatic heterocycles. The first-order valence-electron chi connectivity index (χ1n) is 11.2. The van der Waals surface area contributed by atoms with Crippen LogP contribution in [0.3, 0.4) is 0 Å². The largest absolute Gasteiger partial charge is 0.332 e. The van der Waals surface area contributed by atoms with Crippen LogP contribution in [-0.4, -0.2) is 34.3 Å². The highest BCUT2D eigenvalue weighted by Crippen LogP contribution is 2.20. The van der Waals surface area contributed by atoms with Gasteiger partial charge in [-0.3, -0.25) is 4.79 Å². The van der Waals surface area contributed by atoms with Gasteiger partial charge in [0.1, 0.15) is 18.2 Å². The molecule has 1 unspecified atom stereocenters. The fraction of sp³-hybridized carbons (Fsp3) is 0.308. The molecule has 0 aliphatic rings. The summed E-state index contributed by atoms with van der Waals surface area (Å²) >= 11 is 1.63. The number of nitrogens with one attached hydrogen (secondary N) is 1. The molecule has 34 heavy (non-hydrogen) atoms. The fourth-order valence-electron chi connectivity index (χ4n) is 3.47. The maximum Gasteiger partial charge on any atom is 0.322 e. The highest BCUT2D eigenvalue weighted by atomic mass is 32.1. The summed E-state index contributed by atoms with van der Waals surface area (Å²) in [6.45, 7) is 6.41. The van der Waals surface area contributed by atoms with Crippen LogP contribution in [-0.2, 0) is 17.9 Å². The first-order valence-corrected chi connectivity index (χ1v) is 12.0. The van der Waals surface area contributed by atoms with E-state index in [0.717, 1.165) is 21.4 Å². The molecule has 5 nitrogen and oxygen atoms in total. The van der Waals surface area contributed by atoms with E-state index in [0.29, 0.717) is 25.6 Å². The van der Waals surface area contributed by atoms with Crippen LogP contribution in [0.2, 0.25) is 0 Å². The van der Waals surface area contributed by atoms with Gasteiger partial charge < -0.3 is 15.1 Å². The first-order chi connectivity index (χ1) is 16.3. The molecule has 0 radical (unpaired) electrons. The second-order valence-electron chi connectivity index (χ2n) is 8.19. The van der Waals surface area contributed by atoms with Gasteiger partial charge in [0.05, 0.1) is 12.2 Å². The topological polar surface area (TPSA) is 52.7 Å². The zero-order chi connectivity index (χ0) is 24.7. The maximum absolute atomic E-state index is 14.1. The van der Waals surface area contributed by atoms with E-state index < -0.39 is 17.7 Å². The number of urea groups is 1. The predicted octanol–water partition coefficient (Wildman–Crippen LogP) is 6.20. The zero-order valence-electron chi connectivity index (χ0n) is 19.6. The fourth-order valence-corrected chi connectivity index (χ4v) is 4.37. The van der Waals surface area contributed by atoms with E-state index in [9.17, 15) is 18.4 Å². The standard InChI is InChI=1S/C26H29F2N3O2S/c1-4-18(2)31(26(33)29-24-13-11-21(27)14-23(24)28)17-25(32)30(15-20-8-6-5-7-9-20)16-22-12-10-19(3)34-22/h5-14,18H,4,15-17H2,1-3H3,(H,29,33). The Hall–Kier alpha value is -3.26. The highest BCUT2D eigenvalue weighted by molar-refractivity contribution is 7.11. The molecule has 0 spiro atoms. The van der Waals surface area contributed by atoms with Crippen molar-refractivity contribution in [1.82, 2.24) is 9.80 Å². The van der Waals surface area contributed by atoms with Crippen molar-refractivity contribution in [2.75, 3.05) is 11.9 Å². The molecular weight excluding hydrogens is 456 g/mol. The van der Waals surface area contributed by atoms with Crippen LogP contribution >= 0.6 is 11.3 Å². The summed E-state index contributed by atoms with van der Waals surface area (Å²) in [7, 11) is 0. The van der Waals surface area contributed by atoms with Gasteiger partial charge >= 0.3 is 6.03 Å². The Morgan fingerprint density at radius 3 is 2.38 bits per heavy atom. The van der Waals surface area contributed by atoms with Gasteiger partial charge in [-0.2, -0.15) is 0 Å². The van der Waals surface area contributed by atoms with Crippen LogP contribution in [0.5, 0.6) is 0 Å². The zero-order valence-corrected chi connectivity index (χ0v) is 20.4. The van der Waals surface area contributed by atoms with Crippen molar-refractivity contribution < 1.29 is 18.4 Å². The molecule has 8 heteroatoms. The summed E-state index contributed by atoms with van der Waals surface area (Å²) in [6, 6.07) is 15.8. The predicted molar refractivity (Wildman–Crippen MR) is 132 cm³/mol.